The molecule has 0 heterocycles. The van der Waals surface area contributed by atoms with Crippen LogP contribution in [-0.4, -0.2) is 20.3 Å². The predicted octanol–water partition coefficient (Wildman–Crippen LogP) is 4.56. The smallest absolute Gasteiger partial charge is 0.323 e. The monoisotopic (exact) mass is 334 g/mol. The minimum absolute atomic E-state index is 0.378. The Labute approximate surface area is 140 Å². The molecule has 0 spiro atoms. The minimum atomic E-state index is -0.378. The molecule has 0 bridgehead atoms. The zero-order valence-electron chi connectivity index (χ0n) is 13.3. The van der Waals surface area contributed by atoms with Crippen molar-refractivity contribution >= 4 is 29.0 Å². The number of rotatable bonds is 5. The van der Waals surface area contributed by atoms with Crippen LogP contribution in [0.2, 0.25) is 5.02 Å². The number of ether oxygens (including phenoxy) is 2. The van der Waals surface area contributed by atoms with E-state index >= 15 is 0 Å². The Kier molecular flexibility index (Phi) is 5.71. The maximum absolute atomic E-state index is 12.1. The second-order valence-electron chi connectivity index (χ2n) is 4.82. The van der Waals surface area contributed by atoms with Crippen LogP contribution in [0.3, 0.4) is 0 Å². The molecule has 2 aromatic carbocycles. The molecule has 0 unspecified atom stereocenters. The average Bonchev–Trinajstić information content (AvgIpc) is 2.56. The molecular weight excluding hydrogens is 316 g/mol. The van der Waals surface area contributed by atoms with Gasteiger partial charge in [-0.1, -0.05) is 30.7 Å². The van der Waals surface area contributed by atoms with Crippen molar-refractivity contribution in [2.75, 3.05) is 24.9 Å². The molecule has 2 amide bonds. The van der Waals surface area contributed by atoms with Crippen molar-refractivity contribution in [3.05, 3.63) is 47.0 Å². The van der Waals surface area contributed by atoms with E-state index in [1.807, 2.05) is 24.3 Å². The minimum Gasteiger partial charge on any atom is -0.495 e. The first-order chi connectivity index (χ1) is 11.1. The van der Waals surface area contributed by atoms with E-state index in [1.54, 1.807) is 12.1 Å². The highest BCUT2D eigenvalue weighted by Crippen LogP contribution is 2.35. The highest BCUT2D eigenvalue weighted by atomic mass is 35.5. The molecule has 0 aliphatic carbocycles. The van der Waals surface area contributed by atoms with Crippen molar-refractivity contribution in [3.63, 3.8) is 0 Å². The number of hydrogen-bond acceptors (Lipinski definition) is 3. The number of anilines is 2. The van der Waals surface area contributed by atoms with Gasteiger partial charge in [0.2, 0.25) is 0 Å². The Morgan fingerprint density at radius 2 is 1.70 bits per heavy atom. The fourth-order valence-electron chi connectivity index (χ4n) is 2.07. The third-order valence-electron chi connectivity index (χ3n) is 3.34. The van der Waals surface area contributed by atoms with E-state index in [9.17, 15) is 4.79 Å². The first-order valence-corrected chi connectivity index (χ1v) is 7.53. The zero-order valence-corrected chi connectivity index (χ0v) is 14.0. The standard InChI is InChI=1S/C17H19ClN2O3/c1-4-11-5-7-12(8-6-11)19-17(21)20-14-10-15(22-2)13(18)9-16(14)23-3/h5-10H,4H2,1-3H3,(H2,19,20,21). The van der Waals surface area contributed by atoms with Gasteiger partial charge in [0.25, 0.3) is 0 Å². The SMILES string of the molecule is CCc1ccc(NC(=O)Nc2cc(OC)c(Cl)cc2OC)cc1. The van der Waals surface area contributed by atoms with Crippen molar-refractivity contribution in [2.24, 2.45) is 0 Å². The van der Waals surface area contributed by atoms with Gasteiger partial charge < -0.3 is 20.1 Å². The summed E-state index contributed by atoms with van der Waals surface area (Å²) in [6, 6.07) is 10.5. The van der Waals surface area contributed by atoms with Gasteiger partial charge in [-0.05, 0) is 24.1 Å². The molecule has 6 heteroatoms. The Bertz CT molecular complexity index is 687. The third-order valence-corrected chi connectivity index (χ3v) is 3.64. The number of aryl methyl sites for hydroxylation is 1. The van der Waals surface area contributed by atoms with Crippen LogP contribution >= 0.6 is 11.6 Å². The third kappa shape index (κ3) is 4.29. The Balaban J connectivity index is 2.12. The lowest BCUT2D eigenvalue weighted by atomic mass is 10.1. The first-order valence-electron chi connectivity index (χ1n) is 7.15. The lowest BCUT2D eigenvalue weighted by molar-refractivity contribution is 0.262. The van der Waals surface area contributed by atoms with Gasteiger partial charge in [-0.15, -0.1) is 0 Å². The summed E-state index contributed by atoms with van der Waals surface area (Å²) in [5.74, 6) is 0.905. The van der Waals surface area contributed by atoms with Crippen LogP contribution < -0.4 is 20.1 Å². The largest absolute Gasteiger partial charge is 0.495 e. The van der Waals surface area contributed by atoms with Crippen LogP contribution in [-0.2, 0) is 6.42 Å². The summed E-state index contributed by atoms with van der Waals surface area (Å²) in [6.07, 6.45) is 0.953. The summed E-state index contributed by atoms with van der Waals surface area (Å²) in [7, 11) is 3.01. The van der Waals surface area contributed by atoms with E-state index in [2.05, 4.69) is 17.6 Å². The lowest BCUT2D eigenvalue weighted by Gasteiger charge is -2.14. The molecule has 2 rings (SSSR count). The fraction of sp³-hybridized carbons (Fsp3) is 0.235. The number of carbonyl (C=O) groups excluding carboxylic acids is 1. The van der Waals surface area contributed by atoms with Crippen molar-refractivity contribution in [2.45, 2.75) is 13.3 Å². The van der Waals surface area contributed by atoms with Gasteiger partial charge >= 0.3 is 6.03 Å². The van der Waals surface area contributed by atoms with Gasteiger partial charge in [0.05, 0.1) is 24.9 Å². The normalized spacial score (nSPS) is 10.1. The van der Waals surface area contributed by atoms with Crippen LogP contribution in [0.4, 0.5) is 16.2 Å². The predicted molar refractivity (Wildman–Crippen MR) is 93.0 cm³/mol. The van der Waals surface area contributed by atoms with E-state index in [0.717, 1.165) is 6.42 Å². The summed E-state index contributed by atoms with van der Waals surface area (Å²) in [5, 5.41) is 5.90. The second kappa shape index (κ2) is 7.74. The van der Waals surface area contributed by atoms with Crippen LogP contribution in [0.15, 0.2) is 36.4 Å². The first kappa shape index (κ1) is 17.0. The number of nitrogens with one attached hydrogen (secondary N) is 2. The quantitative estimate of drug-likeness (QED) is 0.842. The summed E-state index contributed by atoms with van der Waals surface area (Å²) < 4.78 is 10.4. The Morgan fingerprint density at radius 3 is 2.26 bits per heavy atom. The molecule has 0 atom stereocenters. The summed E-state index contributed by atoms with van der Waals surface area (Å²) in [5.41, 5.74) is 2.39. The molecule has 0 aliphatic heterocycles. The van der Waals surface area contributed by atoms with E-state index in [1.165, 1.54) is 19.8 Å². The topological polar surface area (TPSA) is 59.6 Å². The number of urea groups is 1. The van der Waals surface area contributed by atoms with Crippen LogP contribution in [0.5, 0.6) is 11.5 Å². The average molecular weight is 335 g/mol. The second-order valence-corrected chi connectivity index (χ2v) is 5.22. The van der Waals surface area contributed by atoms with Crippen molar-refractivity contribution < 1.29 is 14.3 Å². The molecule has 0 aliphatic rings. The number of hydrogen-bond donors (Lipinski definition) is 2. The van der Waals surface area contributed by atoms with E-state index in [0.29, 0.717) is 27.9 Å². The van der Waals surface area contributed by atoms with Crippen molar-refractivity contribution in [1.82, 2.24) is 0 Å². The van der Waals surface area contributed by atoms with Crippen LogP contribution in [0.1, 0.15) is 12.5 Å². The maximum atomic E-state index is 12.1. The number of halogens is 1. The molecule has 2 N–H and O–H groups in total. The molecule has 2 aromatic rings. The Hall–Kier alpha value is -2.40. The molecular formula is C17H19ClN2O3. The maximum Gasteiger partial charge on any atom is 0.323 e. The van der Waals surface area contributed by atoms with Gasteiger partial charge in [0.15, 0.2) is 0 Å². The zero-order chi connectivity index (χ0) is 16.8. The molecule has 0 aromatic heterocycles. The highest BCUT2D eigenvalue weighted by Gasteiger charge is 2.12. The van der Waals surface area contributed by atoms with Crippen LogP contribution in [0.25, 0.3) is 0 Å². The molecule has 23 heavy (non-hydrogen) atoms. The van der Waals surface area contributed by atoms with Gasteiger partial charge in [-0.2, -0.15) is 0 Å². The molecule has 0 saturated carbocycles. The summed E-state index contributed by atoms with van der Waals surface area (Å²) >= 11 is 6.04. The lowest BCUT2D eigenvalue weighted by Crippen LogP contribution is -2.19. The fourth-order valence-corrected chi connectivity index (χ4v) is 2.30. The number of benzene rings is 2. The van der Waals surface area contributed by atoms with Gasteiger partial charge in [0.1, 0.15) is 11.5 Å². The number of carbonyl (C=O) groups is 1. The number of amides is 2. The molecule has 0 saturated heterocycles. The van der Waals surface area contributed by atoms with Crippen molar-refractivity contribution in [1.29, 1.82) is 0 Å². The van der Waals surface area contributed by atoms with Crippen LogP contribution in [0, 0.1) is 0 Å². The highest BCUT2D eigenvalue weighted by molar-refractivity contribution is 6.32. The van der Waals surface area contributed by atoms with Gasteiger partial charge in [0, 0.05) is 17.8 Å². The molecule has 0 radical (unpaired) electrons. The van der Waals surface area contributed by atoms with Gasteiger partial charge in [-0.3, -0.25) is 0 Å². The van der Waals surface area contributed by atoms with E-state index in [-0.39, 0.29) is 6.03 Å². The van der Waals surface area contributed by atoms with E-state index < -0.39 is 0 Å². The number of methoxy groups -OCH3 is 2. The van der Waals surface area contributed by atoms with Gasteiger partial charge in [-0.25, -0.2) is 4.79 Å². The molecule has 122 valence electrons. The van der Waals surface area contributed by atoms with Crippen molar-refractivity contribution in [3.8, 4) is 11.5 Å². The summed E-state index contributed by atoms with van der Waals surface area (Å²) in [6.45, 7) is 2.08. The summed E-state index contributed by atoms with van der Waals surface area (Å²) in [4.78, 5) is 12.1. The molecule has 0 fully saturated rings. The molecule has 5 nitrogen and oxygen atoms in total. The van der Waals surface area contributed by atoms with E-state index in [4.69, 9.17) is 21.1 Å². The Morgan fingerprint density at radius 1 is 1.04 bits per heavy atom.